The molecule has 0 aromatic carbocycles. The molecular formula is C19H39IN6. The molecule has 0 aliphatic carbocycles. The molecule has 1 aromatic heterocycles. The van der Waals surface area contributed by atoms with Crippen LogP contribution in [0.3, 0.4) is 0 Å². The summed E-state index contributed by atoms with van der Waals surface area (Å²) in [6.45, 7) is 10.5. The Morgan fingerprint density at radius 2 is 1.96 bits per heavy atom. The Morgan fingerprint density at radius 1 is 1.27 bits per heavy atom. The number of halogens is 1. The second kappa shape index (κ2) is 13.4. The van der Waals surface area contributed by atoms with Gasteiger partial charge in [0.2, 0.25) is 0 Å². The molecule has 0 radical (unpaired) electrons. The zero-order valence-electron chi connectivity index (χ0n) is 17.6. The number of aryl methyl sites for hydroxylation is 1. The first-order chi connectivity index (χ1) is 11.8. The molecule has 0 aliphatic heterocycles. The van der Waals surface area contributed by atoms with Crippen LogP contribution in [-0.2, 0) is 7.05 Å². The fourth-order valence-electron chi connectivity index (χ4n) is 2.81. The molecule has 1 aromatic rings. The second-order valence-corrected chi connectivity index (χ2v) is 7.52. The van der Waals surface area contributed by atoms with E-state index in [1.54, 1.807) is 0 Å². The zero-order valence-corrected chi connectivity index (χ0v) is 19.9. The maximum Gasteiger partial charge on any atom is 0.191 e. The minimum atomic E-state index is 0. The van der Waals surface area contributed by atoms with Gasteiger partial charge in [0.05, 0.1) is 18.8 Å². The first kappa shape index (κ1) is 25.2. The number of hydrogen-bond acceptors (Lipinski definition) is 3. The predicted octanol–water partition coefficient (Wildman–Crippen LogP) is 3.41. The average Bonchev–Trinajstić information content (AvgIpc) is 2.93. The summed E-state index contributed by atoms with van der Waals surface area (Å²) < 4.78 is 1.84. The van der Waals surface area contributed by atoms with Gasteiger partial charge < -0.3 is 15.5 Å². The first-order valence-electron chi connectivity index (χ1n) is 9.53. The SMILES string of the molecule is CCNC(=NCC(c1cnn(C)c1)N(C)C)NC(C)CCCC(C)C.I. The average molecular weight is 478 g/mol. The lowest BCUT2D eigenvalue weighted by Crippen LogP contribution is -2.42. The third-order valence-electron chi connectivity index (χ3n) is 4.30. The molecule has 1 heterocycles. The van der Waals surface area contributed by atoms with E-state index in [4.69, 9.17) is 4.99 Å². The van der Waals surface area contributed by atoms with Crippen LogP contribution in [0, 0.1) is 5.92 Å². The van der Waals surface area contributed by atoms with Crippen LogP contribution < -0.4 is 10.6 Å². The van der Waals surface area contributed by atoms with Gasteiger partial charge >= 0.3 is 0 Å². The number of rotatable bonds is 10. The summed E-state index contributed by atoms with van der Waals surface area (Å²) in [7, 11) is 6.12. The fraction of sp³-hybridized carbons (Fsp3) is 0.789. The van der Waals surface area contributed by atoms with Crippen molar-refractivity contribution in [1.82, 2.24) is 25.3 Å². The minimum Gasteiger partial charge on any atom is -0.357 e. The molecule has 0 fully saturated rings. The van der Waals surface area contributed by atoms with Crippen LogP contribution in [0.4, 0.5) is 0 Å². The molecule has 152 valence electrons. The molecule has 6 nitrogen and oxygen atoms in total. The lowest BCUT2D eigenvalue weighted by molar-refractivity contribution is 0.306. The Labute approximate surface area is 177 Å². The molecule has 0 amide bonds. The van der Waals surface area contributed by atoms with Crippen molar-refractivity contribution in [2.75, 3.05) is 27.2 Å². The van der Waals surface area contributed by atoms with Gasteiger partial charge in [-0.1, -0.05) is 26.7 Å². The number of hydrogen-bond donors (Lipinski definition) is 2. The Balaban J connectivity index is 0.00000625. The third-order valence-corrected chi connectivity index (χ3v) is 4.30. The molecule has 2 N–H and O–H groups in total. The topological polar surface area (TPSA) is 57.5 Å². The van der Waals surface area contributed by atoms with E-state index in [0.717, 1.165) is 18.4 Å². The fourth-order valence-corrected chi connectivity index (χ4v) is 2.81. The van der Waals surface area contributed by atoms with Crippen LogP contribution in [0.1, 0.15) is 58.6 Å². The van der Waals surface area contributed by atoms with E-state index in [1.165, 1.54) is 24.8 Å². The lowest BCUT2D eigenvalue weighted by atomic mass is 10.0. The van der Waals surface area contributed by atoms with Gasteiger partial charge in [0.1, 0.15) is 0 Å². The van der Waals surface area contributed by atoms with Crippen molar-refractivity contribution in [3.8, 4) is 0 Å². The Bertz CT molecular complexity index is 512. The number of aromatic nitrogens is 2. The quantitative estimate of drug-likeness (QED) is 0.308. The van der Waals surface area contributed by atoms with Gasteiger partial charge in [-0.25, -0.2) is 0 Å². The molecule has 0 spiro atoms. The van der Waals surface area contributed by atoms with Crippen molar-refractivity contribution in [3.05, 3.63) is 18.0 Å². The molecule has 2 unspecified atom stereocenters. The van der Waals surface area contributed by atoms with E-state index in [2.05, 4.69) is 68.6 Å². The highest BCUT2D eigenvalue weighted by atomic mass is 127. The van der Waals surface area contributed by atoms with Crippen LogP contribution in [0.5, 0.6) is 0 Å². The van der Waals surface area contributed by atoms with Gasteiger partial charge in [-0.05, 0) is 40.3 Å². The maximum absolute atomic E-state index is 4.82. The zero-order chi connectivity index (χ0) is 18.8. The smallest absolute Gasteiger partial charge is 0.191 e. The number of likely N-dealkylation sites (N-methyl/N-ethyl adjacent to an activating group) is 1. The number of aliphatic imine (C=N–C) groups is 1. The summed E-state index contributed by atoms with van der Waals surface area (Å²) in [6, 6.07) is 0.646. The number of nitrogens with zero attached hydrogens (tertiary/aromatic N) is 4. The van der Waals surface area contributed by atoms with Gasteiger partial charge in [0.15, 0.2) is 5.96 Å². The number of nitrogens with one attached hydrogen (secondary N) is 2. The Morgan fingerprint density at radius 3 is 2.46 bits per heavy atom. The predicted molar refractivity (Wildman–Crippen MR) is 122 cm³/mol. The molecule has 0 saturated carbocycles. The van der Waals surface area contributed by atoms with Gasteiger partial charge in [0.25, 0.3) is 0 Å². The van der Waals surface area contributed by atoms with E-state index in [-0.39, 0.29) is 30.0 Å². The maximum atomic E-state index is 4.82. The van der Waals surface area contributed by atoms with Crippen LogP contribution >= 0.6 is 24.0 Å². The molecule has 0 saturated heterocycles. The van der Waals surface area contributed by atoms with Gasteiger partial charge in [-0.15, -0.1) is 24.0 Å². The van der Waals surface area contributed by atoms with E-state index in [1.807, 2.05) is 17.9 Å². The summed E-state index contributed by atoms with van der Waals surface area (Å²) in [4.78, 5) is 7.01. The van der Waals surface area contributed by atoms with Gasteiger partial charge in [0, 0.05) is 31.4 Å². The highest BCUT2D eigenvalue weighted by molar-refractivity contribution is 14.0. The third kappa shape index (κ3) is 9.75. The molecular weight excluding hydrogens is 439 g/mol. The molecule has 7 heteroatoms. The summed E-state index contributed by atoms with van der Waals surface area (Å²) in [5.74, 6) is 1.67. The van der Waals surface area contributed by atoms with Crippen LogP contribution in [0.2, 0.25) is 0 Å². The summed E-state index contributed by atoms with van der Waals surface area (Å²) in [5, 5.41) is 11.2. The second-order valence-electron chi connectivity index (χ2n) is 7.52. The van der Waals surface area contributed by atoms with Crippen molar-refractivity contribution >= 4 is 29.9 Å². The highest BCUT2D eigenvalue weighted by Gasteiger charge is 2.16. The molecule has 2 atom stereocenters. The van der Waals surface area contributed by atoms with E-state index in [0.29, 0.717) is 12.6 Å². The van der Waals surface area contributed by atoms with Gasteiger partial charge in [-0.3, -0.25) is 9.67 Å². The Hall–Kier alpha value is -0.830. The van der Waals surface area contributed by atoms with Crippen molar-refractivity contribution in [1.29, 1.82) is 0 Å². The molecule has 0 bridgehead atoms. The lowest BCUT2D eigenvalue weighted by Gasteiger charge is -2.23. The van der Waals surface area contributed by atoms with E-state index >= 15 is 0 Å². The normalized spacial score (nSPS) is 14.3. The van der Waals surface area contributed by atoms with Crippen molar-refractivity contribution in [3.63, 3.8) is 0 Å². The van der Waals surface area contributed by atoms with E-state index < -0.39 is 0 Å². The van der Waals surface area contributed by atoms with Crippen molar-refractivity contribution in [2.45, 2.75) is 59.0 Å². The van der Waals surface area contributed by atoms with Crippen molar-refractivity contribution in [2.24, 2.45) is 18.0 Å². The van der Waals surface area contributed by atoms with Crippen LogP contribution in [0.15, 0.2) is 17.4 Å². The standard InChI is InChI=1S/C19H38N6.HI/c1-8-20-19(23-16(4)11-9-10-15(2)3)21-13-18(24(5)6)17-12-22-25(7)14-17;/h12,14-16,18H,8-11,13H2,1-7H3,(H2,20,21,23);1H. The van der Waals surface area contributed by atoms with Gasteiger partial charge in [-0.2, -0.15) is 5.10 Å². The minimum absolute atomic E-state index is 0. The molecule has 1 rings (SSSR count). The molecule has 0 aliphatic rings. The summed E-state index contributed by atoms with van der Waals surface area (Å²) in [5.41, 5.74) is 1.19. The number of guanidine groups is 1. The van der Waals surface area contributed by atoms with Crippen molar-refractivity contribution < 1.29 is 0 Å². The van der Waals surface area contributed by atoms with Crippen LogP contribution in [-0.4, -0.2) is 53.9 Å². The monoisotopic (exact) mass is 478 g/mol. The van der Waals surface area contributed by atoms with E-state index in [9.17, 15) is 0 Å². The molecule has 26 heavy (non-hydrogen) atoms. The largest absolute Gasteiger partial charge is 0.357 e. The summed E-state index contributed by atoms with van der Waals surface area (Å²) in [6.07, 6.45) is 7.69. The van der Waals surface area contributed by atoms with Crippen LogP contribution in [0.25, 0.3) is 0 Å². The Kier molecular flexibility index (Phi) is 12.9. The summed E-state index contributed by atoms with van der Waals surface area (Å²) >= 11 is 0. The highest BCUT2D eigenvalue weighted by Crippen LogP contribution is 2.17. The first-order valence-corrected chi connectivity index (χ1v) is 9.53.